The zero-order valence-electron chi connectivity index (χ0n) is 17.2. The van der Waals surface area contributed by atoms with Crippen LogP contribution in [0.5, 0.6) is 5.88 Å². The van der Waals surface area contributed by atoms with E-state index >= 15 is 0 Å². The Morgan fingerprint density at radius 2 is 2.07 bits per heavy atom. The summed E-state index contributed by atoms with van der Waals surface area (Å²) >= 11 is 0. The number of azo groups is 1. The van der Waals surface area contributed by atoms with Crippen LogP contribution in [0.1, 0.15) is 29.9 Å². The number of carbonyl (C=O) groups excluding carboxylic acids is 1. The molecular formula is C21H27N5O4. The Labute approximate surface area is 175 Å². The van der Waals surface area contributed by atoms with Crippen molar-refractivity contribution in [1.29, 1.82) is 0 Å². The van der Waals surface area contributed by atoms with Crippen molar-refractivity contribution in [3.05, 3.63) is 47.7 Å². The molecule has 3 N–H and O–H groups in total. The maximum atomic E-state index is 11.3. The van der Waals surface area contributed by atoms with Crippen LogP contribution in [-0.2, 0) is 11.3 Å². The number of carbonyl (C=O) groups is 1. The maximum Gasteiger partial charge on any atom is 0.248 e. The van der Waals surface area contributed by atoms with Gasteiger partial charge < -0.3 is 25.2 Å². The van der Waals surface area contributed by atoms with E-state index in [4.69, 9.17) is 15.2 Å². The molecule has 1 aliphatic rings. The number of anilines is 1. The van der Waals surface area contributed by atoms with E-state index < -0.39 is 11.5 Å². The molecule has 0 unspecified atom stereocenters. The number of primary amides is 1. The fourth-order valence-electron chi connectivity index (χ4n) is 2.87. The van der Waals surface area contributed by atoms with Gasteiger partial charge in [-0.25, -0.2) is 4.98 Å². The minimum absolute atomic E-state index is 0.118. The van der Waals surface area contributed by atoms with E-state index in [9.17, 15) is 9.90 Å². The Hall–Kier alpha value is -3.04. The molecule has 0 aliphatic carbocycles. The van der Waals surface area contributed by atoms with Gasteiger partial charge >= 0.3 is 0 Å². The van der Waals surface area contributed by atoms with Crippen molar-refractivity contribution in [1.82, 2.24) is 4.98 Å². The highest BCUT2D eigenvalue weighted by Crippen LogP contribution is 2.24. The third kappa shape index (κ3) is 6.50. The lowest BCUT2D eigenvalue weighted by Crippen LogP contribution is -2.36. The van der Waals surface area contributed by atoms with Gasteiger partial charge in [0.2, 0.25) is 11.8 Å². The van der Waals surface area contributed by atoms with E-state index in [-0.39, 0.29) is 13.2 Å². The summed E-state index contributed by atoms with van der Waals surface area (Å²) in [4.78, 5) is 18.0. The molecular weight excluding hydrogens is 386 g/mol. The Kier molecular flexibility index (Phi) is 6.96. The average molecular weight is 413 g/mol. The summed E-state index contributed by atoms with van der Waals surface area (Å²) in [6.07, 6.45) is 0. The van der Waals surface area contributed by atoms with Gasteiger partial charge in [0.05, 0.1) is 30.2 Å². The van der Waals surface area contributed by atoms with Crippen molar-refractivity contribution in [2.75, 3.05) is 37.8 Å². The molecule has 0 radical (unpaired) electrons. The molecule has 3 rings (SSSR count). The van der Waals surface area contributed by atoms with Gasteiger partial charge in [-0.05, 0) is 38.1 Å². The van der Waals surface area contributed by atoms with Gasteiger partial charge in [0.25, 0.3) is 0 Å². The van der Waals surface area contributed by atoms with E-state index in [2.05, 4.69) is 20.1 Å². The fourth-order valence-corrected chi connectivity index (χ4v) is 2.87. The third-order valence-electron chi connectivity index (χ3n) is 4.34. The molecule has 0 saturated carbocycles. The molecule has 0 atom stereocenters. The predicted molar refractivity (Wildman–Crippen MR) is 112 cm³/mol. The van der Waals surface area contributed by atoms with Gasteiger partial charge in [0.1, 0.15) is 13.2 Å². The minimum Gasteiger partial charge on any atom is -0.475 e. The lowest BCUT2D eigenvalue weighted by molar-refractivity contribution is 0.0267. The number of pyridine rings is 1. The quantitative estimate of drug-likeness (QED) is 0.641. The lowest BCUT2D eigenvalue weighted by atomic mass is 10.2. The van der Waals surface area contributed by atoms with Crippen molar-refractivity contribution in [2.24, 2.45) is 16.0 Å². The van der Waals surface area contributed by atoms with Gasteiger partial charge in [0, 0.05) is 30.4 Å². The standard InChI is InChI=1S/C21H27N5O4/c1-21(2,28)14-30-19-12-18(26-6-8-29-9-7-26)11-17(24-19)13-23-25-16-5-3-4-15(10-16)20(22)27/h3-5,10-12,28H,6-9,13-14H2,1-2H3,(H2,22,27). The summed E-state index contributed by atoms with van der Waals surface area (Å²) in [5.41, 5.74) is 6.88. The summed E-state index contributed by atoms with van der Waals surface area (Å²) in [6.45, 7) is 6.57. The molecule has 1 aliphatic heterocycles. The highest BCUT2D eigenvalue weighted by Gasteiger charge is 2.17. The van der Waals surface area contributed by atoms with Gasteiger partial charge in [-0.15, -0.1) is 0 Å². The molecule has 1 fully saturated rings. The Bertz CT molecular complexity index is 905. The molecule has 2 aromatic rings. The molecule has 1 aromatic carbocycles. The summed E-state index contributed by atoms with van der Waals surface area (Å²) in [5, 5.41) is 18.3. The van der Waals surface area contributed by atoms with Crippen molar-refractivity contribution >= 4 is 17.3 Å². The number of aromatic nitrogens is 1. The molecule has 30 heavy (non-hydrogen) atoms. The van der Waals surface area contributed by atoms with E-state index in [0.29, 0.717) is 36.0 Å². The first-order valence-corrected chi connectivity index (χ1v) is 9.76. The topological polar surface area (TPSA) is 123 Å². The van der Waals surface area contributed by atoms with Crippen molar-refractivity contribution < 1.29 is 19.4 Å². The lowest BCUT2D eigenvalue weighted by Gasteiger charge is -2.29. The number of amides is 1. The minimum atomic E-state index is -0.970. The number of aliphatic hydroxyl groups is 1. The summed E-state index contributed by atoms with van der Waals surface area (Å²) in [6, 6.07) is 10.5. The van der Waals surface area contributed by atoms with E-state index in [1.165, 1.54) is 0 Å². The van der Waals surface area contributed by atoms with E-state index in [1.807, 2.05) is 12.1 Å². The predicted octanol–water partition coefficient (Wildman–Crippen LogP) is 2.45. The number of morpholine rings is 1. The van der Waals surface area contributed by atoms with Crippen LogP contribution in [0.2, 0.25) is 0 Å². The normalized spacial score (nSPS) is 14.8. The Balaban J connectivity index is 1.77. The number of nitrogens with two attached hydrogens (primary N) is 1. The molecule has 0 bridgehead atoms. The number of benzene rings is 1. The number of nitrogens with zero attached hydrogens (tertiary/aromatic N) is 4. The molecule has 9 heteroatoms. The second kappa shape index (κ2) is 9.64. The number of rotatable bonds is 8. The maximum absolute atomic E-state index is 11.3. The molecule has 0 spiro atoms. The van der Waals surface area contributed by atoms with Crippen LogP contribution in [-0.4, -0.2) is 54.5 Å². The average Bonchev–Trinajstić information content (AvgIpc) is 2.72. The molecule has 2 heterocycles. The Morgan fingerprint density at radius 3 is 2.77 bits per heavy atom. The summed E-state index contributed by atoms with van der Waals surface area (Å²) in [7, 11) is 0. The SMILES string of the molecule is CC(C)(O)COc1cc(N2CCOCC2)cc(CN=Nc2cccc(C(N)=O)c2)n1. The van der Waals surface area contributed by atoms with Gasteiger partial charge in [-0.2, -0.15) is 10.2 Å². The molecule has 1 saturated heterocycles. The highest BCUT2D eigenvalue weighted by molar-refractivity contribution is 5.93. The third-order valence-corrected chi connectivity index (χ3v) is 4.34. The van der Waals surface area contributed by atoms with Crippen LogP contribution in [0, 0.1) is 0 Å². The van der Waals surface area contributed by atoms with Gasteiger partial charge in [-0.1, -0.05) is 6.07 Å². The van der Waals surface area contributed by atoms with Gasteiger partial charge in [-0.3, -0.25) is 4.79 Å². The first-order valence-electron chi connectivity index (χ1n) is 9.76. The first kappa shape index (κ1) is 21.7. The van der Waals surface area contributed by atoms with Crippen molar-refractivity contribution in [3.8, 4) is 5.88 Å². The second-order valence-corrected chi connectivity index (χ2v) is 7.67. The second-order valence-electron chi connectivity index (χ2n) is 7.67. The molecule has 1 aromatic heterocycles. The van der Waals surface area contributed by atoms with Crippen LogP contribution in [0.3, 0.4) is 0 Å². The largest absolute Gasteiger partial charge is 0.475 e. The van der Waals surface area contributed by atoms with Crippen molar-refractivity contribution in [3.63, 3.8) is 0 Å². The first-order chi connectivity index (χ1) is 14.3. The summed E-state index contributed by atoms with van der Waals surface area (Å²) in [5.74, 6) is -0.0948. The van der Waals surface area contributed by atoms with Crippen molar-refractivity contribution in [2.45, 2.75) is 26.0 Å². The van der Waals surface area contributed by atoms with Gasteiger partial charge in [0.15, 0.2) is 0 Å². The number of ether oxygens (including phenoxy) is 2. The van der Waals surface area contributed by atoms with Crippen LogP contribution in [0.4, 0.5) is 11.4 Å². The Morgan fingerprint density at radius 1 is 1.30 bits per heavy atom. The summed E-state index contributed by atoms with van der Waals surface area (Å²) < 4.78 is 11.1. The fraction of sp³-hybridized carbons (Fsp3) is 0.429. The van der Waals surface area contributed by atoms with Crippen LogP contribution in [0.25, 0.3) is 0 Å². The zero-order valence-corrected chi connectivity index (χ0v) is 17.2. The molecule has 160 valence electrons. The smallest absolute Gasteiger partial charge is 0.248 e. The highest BCUT2D eigenvalue weighted by atomic mass is 16.5. The molecule has 1 amide bonds. The van der Waals surface area contributed by atoms with E-state index in [1.54, 1.807) is 38.1 Å². The van der Waals surface area contributed by atoms with Crippen LogP contribution in [0.15, 0.2) is 46.6 Å². The van der Waals surface area contributed by atoms with Crippen LogP contribution < -0.4 is 15.4 Å². The number of hydrogen-bond acceptors (Lipinski definition) is 8. The zero-order chi connectivity index (χ0) is 21.6. The monoisotopic (exact) mass is 413 g/mol. The number of hydrogen-bond donors (Lipinski definition) is 2. The van der Waals surface area contributed by atoms with Crippen LogP contribution >= 0.6 is 0 Å². The molecule has 9 nitrogen and oxygen atoms in total. The van der Waals surface area contributed by atoms with E-state index in [0.717, 1.165) is 18.8 Å².